The minimum atomic E-state index is -0.705. The Morgan fingerprint density at radius 3 is 2.58 bits per heavy atom. The summed E-state index contributed by atoms with van der Waals surface area (Å²) in [6, 6.07) is 8.17. The summed E-state index contributed by atoms with van der Waals surface area (Å²) in [7, 11) is 0. The molecule has 3 N–H and O–H groups in total. The van der Waals surface area contributed by atoms with Crippen LogP contribution in [0.5, 0.6) is 0 Å². The number of rotatable bonds is 4. The van der Waals surface area contributed by atoms with Gasteiger partial charge in [-0.2, -0.15) is 0 Å². The number of carbonyl (C=O) groups is 1. The van der Waals surface area contributed by atoms with Gasteiger partial charge in [0.2, 0.25) is 0 Å². The Labute approximate surface area is 127 Å². The molecular formula is C13H18BrClN2O2. The molecule has 0 aromatic heterocycles. The van der Waals surface area contributed by atoms with Crippen LogP contribution in [0.2, 0.25) is 0 Å². The minimum Gasteiger partial charge on any atom is -0.481 e. The van der Waals surface area contributed by atoms with Gasteiger partial charge in [0.05, 0.1) is 5.92 Å². The maximum atomic E-state index is 11.0. The fourth-order valence-electron chi connectivity index (χ4n) is 2.45. The zero-order valence-corrected chi connectivity index (χ0v) is 12.9. The zero-order chi connectivity index (χ0) is 13.1. The molecule has 0 spiro atoms. The molecule has 106 valence electrons. The second kappa shape index (κ2) is 7.24. The molecule has 2 unspecified atom stereocenters. The van der Waals surface area contributed by atoms with E-state index in [9.17, 15) is 4.79 Å². The number of carboxylic acids is 1. The van der Waals surface area contributed by atoms with Gasteiger partial charge in [0.1, 0.15) is 0 Å². The minimum absolute atomic E-state index is 0. The van der Waals surface area contributed by atoms with E-state index in [-0.39, 0.29) is 24.4 Å². The summed E-state index contributed by atoms with van der Waals surface area (Å²) < 4.78 is 1.03. The molecule has 1 heterocycles. The predicted molar refractivity (Wildman–Crippen MR) is 80.5 cm³/mol. The topological polar surface area (TPSA) is 66.6 Å². The molecule has 0 bridgehead atoms. The smallest absolute Gasteiger partial charge is 0.307 e. The standard InChI is InChI=1S/C13H17BrN2O2.ClH/c14-11-3-1-9(2-4-11)12(7-15)16-6-5-10(8-16)13(17)18;/h1-4,10,12H,5-8,15H2,(H,17,18);1H. The maximum absolute atomic E-state index is 11.0. The van der Waals surface area contributed by atoms with Crippen molar-refractivity contribution in [3.05, 3.63) is 34.3 Å². The van der Waals surface area contributed by atoms with Gasteiger partial charge < -0.3 is 10.8 Å². The molecular weight excluding hydrogens is 332 g/mol. The van der Waals surface area contributed by atoms with Crippen molar-refractivity contribution in [3.63, 3.8) is 0 Å². The SMILES string of the molecule is Cl.NCC(c1ccc(Br)cc1)N1CCC(C(=O)O)C1. The molecule has 1 aliphatic rings. The van der Waals surface area contributed by atoms with Crippen LogP contribution in [-0.4, -0.2) is 35.6 Å². The molecule has 1 aliphatic heterocycles. The van der Waals surface area contributed by atoms with Gasteiger partial charge in [-0.15, -0.1) is 12.4 Å². The molecule has 19 heavy (non-hydrogen) atoms. The van der Waals surface area contributed by atoms with E-state index in [1.807, 2.05) is 24.3 Å². The molecule has 0 amide bonds. The summed E-state index contributed by atoms with van der Waals surface area (Å²) in [5.41, 5.74) is 6.99. The number of benzene rings is 1. The molecule has 1 fully saturated rings. The Kier molecular flexibility index (Phi) is 6.26. The molecule has 2 rings (SSSR count). The lowest BCUT2D eigenvalue weighted by Gasteiger charge is -2.26. The number of nitrogens with two attached hydrogens (primary N) is 1. The average Bonchev–Trinajstić information content (AvgIpc) is 2.82. The van der Waals surface area contributed by atoms with Crippen LogP contribution in [0.25, 0.3) is 0 Å². The normalized spacial score (nSPS) is 20.8. The van der Waals surface area contributed by atoms with E-state index in [1.54, 1.807) is 0 Å². The van der Waals surface area contributed by atoms with Crippen LogP contribution in [0.4, 0.5) is 0 Å². The highest BCUT2D eigenvalue weighted by molar-refractivity contribution is 9.10. The first kappa shape index (κ1) is 16.4. The van der Waals surface area contributed by atoms with Crippen molar-refractivity contribution in [2.24, 2.45) is 11.7 Å². The van der Waals surface area contributed by atoms with Gasteiger partial charge in [-0.1, -0.05) is 28.1 Å². The number of likely N-dealkylation sites (tertiary alicyclic amines) is 1. The molecule has 1 aromatic rings. The maximum Gasteiger partial charge on any atom is 0.307 e. The van der Waals surface area contributed by atoms with Crippen molar-refractivity contribution in [1.82, 2.24) is 4.90 Å². The van der Waals surface area contributed by atoms with Crippen molar-refractivity contribution in [2.45, 2.75) is 12.5 Å². The average molecular weight is 350 g/mol. The van der Waals surface area contributed by atoms with Crippen molar-refractivity contribution < 1.29 is 9.90 Å². The lowest BCUT2D eigenvalue weighted by atomic mass is 10.1. The fraction of sp³-hybridized carbons (Fsp3) is 0.462. The molecule has 0 radical (unpaired) electrons. The fourth-order valence-corrected chi connectivity index (χ4v) is 2.72. The third-order valence-corrected chi connectivity index (χ3v) is 4.02. The van der Waals surface area contributed by atoms with Crippen molar-refractivity contribution in [1.29, 1.82) is 0 Å². The monoisotopic (exact) mass is 348 g/mol. The molecule has 6 heteroatoms. The van der Waals surface area contributed by atoms with E-state index in [0.29, 0.717) is 19.5 Å². The van der Waals surface area contributed by atoms with Gasteiger partial charge in [-0.25, -0.2) is 0 Å². The second-order valence-electron chi connectivity index (χ2n) is 4.62. The van der Waals surface area contributed by atoms with Gasteiger partial charge in [0.25, 0.3) is 0 Å². The van der Waals surface area contributed by atoms with Crippen molar-refractivity contribution in [2.75, 3.05) is 19.6 Å². The summed E-state index contributed by atoms with van der Waals surface area (Å²) in [6.45, 7) is 1.90. The lowest BCUT2D eigenvalue weighted by molar-refractivity contribution is -0.141. The largest absolute Gasteiger partial charge is 0.481 e. The van der Waals surface area contributed by atoms with Crippen molar-refractivity contribution in [3.8, 4) is 0 Å². The number of halogens is 2. The van der Waals surface area contributed by atoms with Gasteiger partial charge in [-0.05, 0) is 30.7 Å². The predicted octanol–water partition coefficient (Wildman–Crippen LogP) is 2.28. The Bertz CT molecular complexity index is 427. The second-order valence-corrected chi connectivity index (χ2v) is 5.54. The lowest BCUT2D eigenvalue weighted by Crippen LogP contribution is -2.32. The van der Waals surface area contributed by atoms with Gasteiger partial charge >= 0.3 is 5.97 Å². The number of hydrogen-bond donors (Lipinski definition) is 2. The Morgan fingerprint density at radius 1 is 1.47 bits per heavy atom. The number of carboxylic acid groups (broad SMARTS) is 1. The summed E-state index contributed by atoms with van der Waals surface area (Å²) in [5.74, 6) is -0.960. The number of hydrogen-bond acceptors (Lipinski definition) is 3. The number of aliphatic carboxylic acids is 1. The van der Waals surface area contributed by atoms with E-state index in [1.165, 1.54) is 0 Å². The highest BCUT2D eigenvalue weighted by atomic mass is 79.9. The van der Waals surface area contributed by atoms with Gasteiger partial charge in [-0.3, -0.25) is 9.69 Å². The van der Waals surface area contributed by atoms with Gasteiger partial charge in [0.15, 0.2) is 0 Å². The molecule has 4 nitrogen and oxygen atoms in total. The Morgan fingerprint density at radius 2 is 2.11 bits per heavy atom. The summed E-state index contributed by atoms with van der Waals surface area (Å²) in [6.07, 6.45) is 0.711. The van der Waals surface area contributed by atoms with Crippen LogP contribution in [0, 0.1) is 5.92 Å². The third-order valence-electron chi connectivity index (χ3n) is 3.49. The van der Waals surface area contributed by atoms with E-state index >= 15 is 0 Å². The number of nitrogens with zero attached hydrogens (tertiary/aromatic N) is 1. The summed E-state index contributed by atoms with van der Waals surface area (Å²) in [4.78, 5) is 13.1. The first-order chi connectivity index (χ1) is 8.61. The highest BCUT2D eigenvalue weighted by Gasteiger charge is 2.32. The van der Waals surface area contributed by atoms with Crippen LogP contribution >= 0.6 is 28.3 Å². The Hall–Kier alpha value is -0.620. The quantitative estimate of drug-likeness (QED) is 0.875. The van der Waals surface area contributed by atoms with E-state index in [2.05, 4.69) is 20.8 Å². The summed E-state index contributed by atoms with van der Waals surface area (Å²) in [5, 5.41) is 9.03. The van der Waals surface area contributed by atoms with Crippen LogP contribution < -0.4 is 5.73 Å². The molecule has 0 aliphatic carbocycles. The van der Waals surface area contributed by atoms with E-state index in [4.69, 9.17) is 10.8 Å². The molecule has 2 atom stereocenters. The molecule has 1 saturated heterocycles. The zero-order valence-electron chi connectivity index (χ0n) is 10.5. The van der Waals surface area contributed by atoms with Gasteiger partial charge in [0, 0.05) is 23.6 Å². The first-order valence-electron chi connectivity index (χ1n) is 6.04. The van der Waals surface area contributed by atoms with Crippen LogP contribution in [-0.2, 0) is 4.79 Å². The highest BCUT2D eigenvalue weighted by Crippen LogP contribution is 2.27. The molecule has 1 aromatic carbocycles. The van der Waals surface area contributed by atoms with E-state index in [0.717, 1.165) is 16.6 Å². The Balaban J connectivity index is 0.00000180. The molecule has 0 saturated carbocycles. The third kappa shape index (κ3) is 3.92. The first-order valence-corrected chi connectivity index (χ1v) is 6.83. The van der Waals surface area contributed by atoms with E-state index < -0.39 is 5.97 Å². The van der Waals surface area contributed by atoms with Crippen LogP contribution in [0.1, 0.15) is 18.0 Å². The van der Waals surface area contributed by atoms with Crippen LogP contribution in [0.3, 0.4) is 0 Å². The van der Waals surface area contributed by atoms with Crippen molar-refractivity contribution >= 4 is 34.3 Å². The summed E-state index contributed by atoms with van der Waals surface area (Å²) >= 11 is 3.41. The van der Waals surface area contributed by atoms with Crippen LogP contribution in [0.15, 0.2) is 28.7 Å².